The molecule has 0 aliphatic carbocycles. The van der Waals surface area contributed by atoms with E-state index in [0.717, 1.165) is 11.1 Å². The molecule has 0 fully saturated rings. The maximum atomic E-state index is 12.4. The van der Waals surface area contributed by atoms with Gasteiger partial charge in [0.25, 0.3) is 0 Å². The van der Waals surface area contributed by atoms with E-state index in [-0.39, 0.29) is 23.0 Å². The molecule has 6 heteroatoms. The first kappa shape index (κ1) is 19.1. The average molecular weight is 400 g/mol. The lowest BCUT2D eigenvalue weighted by molar-refractivity contribution is -0.115. The fourth-order valence-corrected chi connectivity index (χ4v) is 4.03. The molecular weight excluding hydrogens is 382 g/mol. The van der Waals surface area contributed by atoms with Gasteiger partial charge in [-0.3, -0.25) is 4.79 Å². The van der Waals surface area contributed by atoms with Crippen LogP contribution >= 0.6 is 11.6 Å². The third-order valence-corrected chi connectivity index (χ3v) is 6.04. The monoisotopic (exact) mass is 399 g/mol. The molecule has 0 aliphatic rings. The first-order chi connectivity index (χ1) is 13.0. The van der Waals surface area contributed by atoms with E-state index in [1.807, 2.05) is 48.5 Å². The Balaban J connectivity index is 1.69. The SMILES string of the molecule is O=C(CCS(=O)(=O)c1ccc(Cl)cc1)Nc1ccccc1-c1ccccc1. The normalized spacial score (nSPS) is 11.1. The zero-order chi connectivity index (χ0) is 19.3. The third-order valence-electron chi connectivity index (χ3n) is 4.06. The molecule has 0 saturated heterocycles. The number of carbonyl (C=O) groups excluding carboxylic acids is 1. The standard InChI is InChI=1S/C21H18ClNO3S/c22-17-10-12-18(13-11-17)27(25,26)15-14-21(24)23-20-9-5-4-8-19(20)16-6-2-1-3-7-16/h1-13H,14-15H2,(H,23,24). The second-order valence-electron chi connectivity index (χ2n) is 5.98. The fraction of sp³-hybridized carbons (Fsp3) is 0.0952. The average Bonchev–Trinajstić information content (AvgIpc) is 2.68. The Morgan fingerprint density at radius 2 is 1.48 bits per heavy atom. The Hall–Kier alpha value is -2.63. The number of para-hydroxylation sites is 1. The van der Waals surface area contributed by atoms with Crippen LogP contribution in [0.1, 0.15) is 6.42 Å². The zero-order valence-electron chi connectivity index (χ0n) is 14.4. The summed E-state index contributed by atoms with van der Waals surface area (Å²) in [5.74, 6) is -0.621. The lowest BCUT2D eigenvalue weighted by atomic mass is 10.0. The maximum absolute atomic E-state index is 12.4. The summed E-state index contributed by atoms with van der Waals surface area (Å²) in [6.07, 6.45) is -0.131. The van der Waals surface area contributed by atoms with Crippen molar-refractivity contribution in [2.75, 3.05) is 11.1 Å². The minimum Gasteiger partial charge on any atom is -0.325 e. The number of hydrogen-bond donors (Lipinski definition) is 1. The first-order valence-electron chi connectivity index (χ1n) is 8.38. The van der Waals surface area contributed by atoms with Crippen molar-refractivity contribution in [3.05, 3.63) is 83.9 Å². The van der Waals surface area contributed by atoms with Gasteiger partial charge in [0.1, 0.15) is 0 Å². The molecule has 27 heavy (non-hydrogen) atoms. The van der Waals surface area contributed by atoms with Crippen molar-refractivity contribution in [1.29, 1.82) is 0 Å². The van der Waals surface area contributed by atoms with Gasteiger partial charge in [0, 0.05) is 22.7 Å². The molecule has 0 saturated carbocycles. The molecule has 1 N–H and O–H groups in total. The van der Waals surface area contributed by atoms with Crippen molar-refractivity contribution in [2.45, 2.75) is 11.3 Å². The number of rotatable bonds is 6. The van der Waals surface area contributed by atoms with E-state index in [0.29, 0.717) is 10.7 Å². The molecule has 0 heterocycles. The Kier molecular flexibility index (Phi) is 5.94. The van der Waals surface area contributed by atoms with E-state index >= 15 is 0 Å². The van der Waals surface area contributed by atoms with Crippen molar-refractivity contribution >= 4 is 33.0 Å². The smallest absolute Gasteiger partial charge is 0.225 e. The van der Waals surface area contributed by atoms with Crippen LogP contribution in [-0.4, -0.2) is 20.1 Å². The number of benzene rings is 3. The van der Waals surface area contributed by atoms with Crippen LogP contribution in [0.5, 0.6) is 0 Å². The van der Waals surface area contributed by atoms with E-state index in [1.54, 1.807) is 6.07 Å². The fourth-order valence-electron chi connectivity index (χ4n) is 2.66. The molecule has 0 radical (unpaired) electrons. The highest BCUT2D eigenvalue weighted by Gasteiger charge is 2.17. The molecular formula is C21H18ClNO3S. The molecule has 4 nitrogen and oxygen atoms in total. The molecule has 3 aromatic carbocycles. The van der Waals surface area contributed by atoms with E-state index in [4.69, 9.17) is 11.6 Å². The second kappa shape index (κ2) is 8.37. The van der Waals surface area contributed by atoms with Gasteiger partial charge >= 0.3 is 0 Å². The van der Waals surface area contributed by atoms with Crippen molar-refractivity contribution in [2.24, 2.45) is 0 Å². The van der Waals surface area contributed by atoms with E-state index < -0.39 is 9.84 Å². The Labute approximate surface area is 163 Å². The van der Waals surface area contributed by atoms with Gasteiger partial charge in [-0.1, -0.05) is 60.1 Å². The molecule has 0 aliphatic heterocycles. The summed E-state index contributed by atoms with van der Waals surface area (Å²) >= 11 is 5.79. The van der Waals surface area contributed by atoms with Crippen LogP contribution in [0.25, 0.3) is 11.1 Å². The highest BCUT2D eigenvalue weighted by atomic mass is 35.5. The van der Waals surface area contributed by atoms with Crippen LogP contribution in [0.3, 0.4) is 0 Å². The van der Waals surface area contributed by atoms with Gasteiger partial charge in [0.15, 0.2) is 9.84 Å². The van der Waals surface area contributed by atoms with Gasteiger partial charge in [-0.15, -0.1) is 0 Å². The Bertz CT molecular complexity index is 1030. The van der Waals surface area contributed by atoms with Crippen LogP contribution in [0, 0.1) is 0 Å². The molecule has 3 rings (SSSR count). The van der Waals surface area contributed by atoms with Crippen LogP contribution in [0.15, 0.2) is 83.8 Å². The highest BCUT2D eigenvalue weighted by Crippen LogP contribution is 2.27. The molecule has 0 unspecified atom stereocenters. The lowest BCUT2D eigenvalue weighted by Crippen LogP contribution is -2.17. The second-order valence-corrected chi connectivity index (χ2v) is 8.53. The van der Waals surface area contributed by atoms with Gasteiger partial charge in [0.2, 0.25) is 5.91 Å². The van der Waals surface area contributed by atoms with Gasteiger partial charge < -0.3 is 5.32 Å². The van der Waals surface area contributed by atoms with Gasteiger partial charge in [-0.2, -0.15) is 0 Å². The lowest BCUT2D eigenvalue weighted by Gasteiger charge is -2.11. The van der Waals surface area contributed by atoms with E-state index in [1.165, 1.54) is 24.3 Å². The number of anilines is 1. The summed E-state index contributed by atoms with van der Waals surface area (Å²) in [4.78, 5) is 12.5. The van der Waals surface area contributed by atoms with Crippen LogP contribution in [0.4, 0.5) is 5.69 Å². The van der Waals surface area contributed by atoms with Gasteiger partial charge in [0.05, 0.1) is 10.6 Å². The van der Waals surface area contributed by atoms with Crippen molar-refractivity contribution in [3.8, 4) is 11.1 Å². The molecule has 0 aromatic heterocycles. The summed E-state index contributed by atoms with van der Waals surface area (Å²) in [6.45, 7) is 0. The summed E-state index contributed by atoms with van der Waals surface area (Å²) in [5, 5.41) is 3.28. The summed E-state index contributed by atoms with van der Waals surface area (Å²) in [7, 11) is -3.55. The maximum Gasteiger partial charge on any atom is 0.225 e. The molecule has 138 valence electrons. The van der Waals surface area contributed by atoms with Crippen LogP contribution in [-0.2, 0) is 14.6 Å². The summed E-state index contributed by atoms with van der Waals surface area (Å²) in [5.41, 5.74) is 2.51. The molecule has 3 aromatic rings. The number of amides is 1. The van der Waals surface area contributed by atoms with Crippen molar-refractivity contribution in [1.82, 2.24) is 0 Å². The Morgan fingerprint density at radius 3 is 2.19 bits per heavy atom. The summed E-state index contributed by atoms with van der Waals surface area (Å²) in [6, 6.07) is 23.0. The van der Waals surface area contributed by atoms with Crippen molar-refractivity contribution < 1.29 is 13.2 Å². The van der Waals surface area contributed by atoms with E-state index in [2.05, 4.69) is 5.32 Å². The molecule has 0 atom stereocenters. The number of sulfone groups is 1. The van der Waals surface area contributed by atoms with Gasteiger partial charge in [-0.25, -0.2) is 8.42 Å². The van der Waals surface area contributed by atoms with Crippen molar-refractivity contribution in [3.63, 3.8) is 0 Å². The topological polar surface area (TPSA) is 63.2 Å². The molecule has 0 bridgehead atoms. The number of nitrogens with one attached hydrogen (secondary N) is 1. The third kappa shape index (κ3) is 4.96. The van der Waals surface area contributed by atoms with Crippen LogP contribution in [0.2, 0.25) is 5.02 Å². The molecule has 1 amide bonds. The first-order valence-corrected chi connectivity index (χ1v) is 10.4. The quantitative estimate of drug-likeness (QED) is 0.647. The molecule has 0 spiro atoms. The zero-order valence-corrected chi connectivity index (χ0v) is 16.0. The minimum atomic E-state index is -3.55. The number of carbonyl (C=O) groups is 1. The largest absolute Gasteiger partial charge is 0.325 e. The predicted octanol–water partition coefficient (Wildman–Crippen LogP) is 4.81. The predicted molar refractivity (Wildman–Crippen MR) is 109 cm³/mol. The minimum absolute atomic E-state index is 0.131. The number of halogens is 1. The van der Waals surface area contributed by atoms with E-state index in [9.17, 15) is 13.2 Å². The Morgan fingerprint density at radius 1 is 0.852 bits per heavy atom. The van der Waals surface area contributed by atoms with Crippen LogP contribution < -0.4 is 5.32 Å². The number of hydrogen-bond acceptors (Lipinski definition) is 3. The summed E-state index contributed by atoms with van der Waals surface area (Å²) < 4.78 is 24.7. The van der Waals surface area contributed by atoms with Gasteiger partial charge in [-0.05, 0) is 35.9 Å². The highest BCUT2D eigenvalue weighted by molar-refractivity contribution is 7.91.